The summed E-state index contributed by atoms with van der Waals surface area (Å²) in [5.41, 5.74) is -1.11. The van der Waals surface area contributed by atoms with Crippen LogP contribution in [0.25, 0.3) is 11.3 Å². The standard InChI is InChI=1S/C32H42FN5O4/c1-21(2)40-23-10-8-22(9-11-23)24-12-19-34-27(35-24)38(28(39)41-29(3,4)5)20-31-13-16-32(17-14-31,18-15-31)25-36-26(42-37-25)30(6,7)33/h8-12,19,21H,13-18,20H2,1-7H3. The molecule has 3 aliphatic rings. The summed E-state index contributed by atoms with van der Waals surface area (Å²) in [6, 6.07) is 9.57. The van der Waals surface area contributed by atoms with Gasteiger partial charge in [0.15, 0.2) is 11.5 Å². The fraction of sp³-hybridized carbons (Fsp3) is 0.594. The molecular weight excluding hydrogens is 537 g/mol. The second-order valence-corrected chi connectivity index (χ2v) is 13.7. The highest BCUT2D eigenvalue weighted by atomic mass is 19.1. The summed E-state index contributed by atoms with van der Waals surface area (Å²) in [5, 5.41) is 4.19. The van der Waals surface area contributed by atoms with Gasteiger partial charge in [-0.2, -0.15) is 4.98 Å². The highest BCUT2D eigenvalue weighted by molar-refractivity contribution is 5.86. The molecule has 1 aromatic carbocycles. The van der Waals surface area contributed by atoms with Crippen molar-refractivity contribution in [2.45, 2.75) is 110 Å². The summed E-state index contributed by atoms with van der Waals surface area (Å²) in [7, 11) is 0. The molecule has 0 spiro atoms. The Morgan fingerprint density at radius 1 is 1.00 bits per heavy atom. The van der Waals surface area contributed by atoms with E-state index in [0.29, 0.717) is 24.0 Å². The molecule has 2 bridgehead atoms. The number of aromatic nitrogens is 4. The first-order valence-electron chi connectivity index (χ1n) is 14.8. The van der Waals surface area contributed by atoms with Crippen LogP contribution in [-0.4, -0.2) is 44.5 Å². The second-order valence-electron chi connectivity index (χ2n) is 13.7. The summed E-state index contributed by atoms with van der Waals surface area (Å²) < 4.78 is 31.3. The Labute approximate surface area is 247 Å². The zero-order valence-electron chi connectivity index (χ0n) is 25.7. The topological polar surface area (TPSA) is 103 Å². The van der Waals surface area contributed by atoms with E-state index in [4.69, 9.17) is 19.0 Å². The molecule has 10 heteroatoms. The third-order valence-electron chi connectivity index (χ3n) is 8.32. The largest absolute Gasteiger partial charge is 0.491 e. The molecule has 0 N–H and O–H groups in total. The first-order valence-corrected chi connectivity index (χ1v) is 14.8. The lowest BCUT2D eigenvalue weighted by Gasteiger charge is -2.53. The molecule has 3 fully saturated rings. The number of fused-ring (bicyclic) bond motifs is 3. The Morgan fingerprint density at radius 2 is 1.64 bits per heavy atom. The highest BCUT2D eigenvalue weighted by Crippen LogP contribution is 2.57. The van der Waals surface area contributed by atoms with E-state index in [0.717, 1.165) is 49.8 Å². The molecule has 2 heterocycles. The Morgan fingerprint density at radius 3 is 2.19 bits per heavy atom. The van der Waals surface area contributed by atoms with Crippen LogP contribution in [0.2, 0.25) is 0 Å². The summed E-state index contributed by atoms with van der Waals surface area (Å²) in [6.45, 7) is 12.8. The minimum absolute atomic E-state index is 0.0181. The number of hydrogen-bond acceptors (Lipinski definition) is 8. The highest BCUT2D eigenvalue weighted by Gasteiger charge is 2.53. The second kappa shape index (κ2) is 10.9. The van der Waals surface area contributed by atoms with E-state index in [1.807, 2.05) is 65.0 Å². The number of amides is 1. The Bertz CT molecular complexity index is 1380. The van der Waals surface area contributed by atoms with Crippen LogP contribution in [0.5, 0.6) is 5.75 Å². The van der Waals surface area contributed by atoms with Gasteiger partial charge >= 0.3 is 6.09 Å². The number of hydrogen-bond donors (Lipinski definition) is 0. The first kappa shape index (κ1) is 29.9. The van der Waals surface area contributed by atoms with Gasteiger partial charge in [0.05, 0.1) is 11.8 Å². The lowest BCUT2D eigenvalue weighted by molar-refractivity contribution is 0.0302. The Balaban J connectivity index is 1.38. The van der Waals surface area contributed by atoms with Crippen LogP contribution in [0.1, 0.15) is 98.7 Å². The van der Waals surface area contributed by atoms with E-state index < -0.39 is 17.4 Å². The molecular formula is C32H42FN5O4. The van der Waals surface area contributed by atoms with Crippen molar-refractivity contribution in [2.75, 3.05) is 11.4 Å². The van der Waals surface area contributed by atoms with Gasteiger partial charge in [0.2, 0.25) is 5.95 Å². The quantitative estimate of drug-likeness (QED) is 0.269. The number of carbonyl (C=O) groups excluding carboxylic acids is 1. The van der Waals surface area contributed by atoms with Gasteiger partial charge in [-0.1, -0.05) is 5.16 Å². The maximum absolute atomic E-state index is 14.4. The van der Waals surface area contributed by atoms with Crippen LogP contribution in [0.4, 0.5) is 15.1 Å². The van der Waals surface area contributed by atoms with E-state index in [2.05, 4.69) is 15.1 Å². The van der Waals surface area contributed by atoms with E-state index in [1.54, 1.807) is 11.1 Å². The van der Waals surface area contributed by atoms with Crippen LogP contribution < -0.4 is 9.64 Å². The van der Waals surface area contributed by atoms with Crippen LogP contribution in [-0.2, 0) is 15.8 Å². The average Bonchev–Trinajstić information content (AvgIpc) is 3.44. The maximum atomic E-state index is 14.4. The van der Waals surface area contributed by atoms with Crippen LogP contribution in [0, 0.1) is 5.41 Å². The molecule has 3 saturated carbocycles. The van der Waals surface area contributed by atoms with E-state index in [1.165, 1.54) is 13.8 Å². The Kier molecular flexibility index (Phi) is 7.79. The number of carbonyl (C=O) groups is 1. The van der Waals surface area contributed by atoms with Gasteiger partial charge in [-0.3, -0.25) is 0 Å². The van der Waals surface area contributed by atoms with E-state index in [9.17, 15) is 9.18 Å². The SMILES string of the molecule is CC(C)Oc1ccc(-c2ccnc(N(CC34CCC(c5noc(C(C)(C)F)n5)(CC3)CC4)C(=O)OC(C)(C)C)n2)cc1. The minimum Gasteiger partial charge on any atom is -0.491 e. The molecule has 6 rings (SSSR count). The number of halogens is 1. The molecule has 226 valence electrons. The van der Waals surface area contributed by atoms with Gasteiger partial charge in [0.25, 0.3) is 5.89 Å². The van der Waals surface area contributed by atoms with Gasteiger partial charge in [0.1, 0.15) is 11.4 Å². The summed E-state index contributed by atoms with van der Waals surface area (Å²) in [6.07, 6.45) is 6.42. The van der Waals surface area contributed by atoms with Crippen molar-refractivity contribution >= 4 is 12.0 Å². The molecule has 0 saturated heterocycles. The first-order chi connectivity index (χ1) is 19.7. The number of benzene rings is 1. The van der Waals surface area contributed by atoms with Gasteiger partial charge in [0, 0.05) is 23.7 Å². The summed E-state index contributed by atoms with van der Waals surface area (Å²) in [4.78, 5) is 29.0. The summed E-state index contributed by atoms with van der Waals surface area (Å²) >= 11 is 0. The fourth-order valence-electron chi connectivity index (χ4n) is 6.00. The van der Waals surface area contributed by atoms with Crippen molar-refractivity contribution in [3.05, 3.63) is 48.2 Å². The van der Waals surface area contributed by atoms with Crippen LogP contribution >= 0.6 is 0 Å². The molecule has 0 atom stereocenters. The monoisotopic (exact) mass is 579 g/mol. The van der Waals surface area contributed by atoms with Gasteiger partial charge in [-0.05, 0) is 123 Å². The van der Waals surface area contributed by atoms with Crippen molar-refractivity contribution in [2.24, 2.45) is 5.41 Å². The van der Waals surface area contributed by atoms with E-state index in [-0.39, 0.29) is 22.8 Å². The summed E-state index contributed by atoms with van der Waals surface area (Å²) in [5.74, 6) is 1.72. The number of anilines is 1. The predicted molar refractivity (Wildman–Crippen MR) is 157 cm³/mol. The molecule has 0 unspecified atom stereocenters. The number of rotatable bonds is 8. The molecule has 1 amide bonds. The molecule has 3 aromatic rings. The Hall–Kier alpha value is -3.56. The number of nitrogens with zero attached hydrogens (tertiary/aromatic N) is 5. The third kappa shape index (κ3) is 6.42. The number of ether oxygens (including phenoxy) is 2. The minimum atomic E-state index is -1.68. The van der Waals surface area contributed by atoms with Crippen molar-refractivity contribution in [3.63, 3.8) is 0 Å². The fourth-order valence-corrected chi connectivity index (χ4v) is 6.00. The third-order valence-corrected chi connectivity index (χ3v) is 8.32. The van der Waals surface area contributed by atoms with Crippen molar-refractivity contribution in [1.29, 1.82) is 0 Å². The smallest absolute Gasteiger partial charge is 0.417 e. The van der Waals surface area contributed by atoms with Crippen molar-refractivity contribution in [1.82, 2.24) is 20.1 Å². The van der Waals surface area contributed by atoms with Crippen LogP contribution in [0.3, 0.4) is 0 Å². The van der Waals surface area contributed by atoms with Crippen molar-refractivity contribution in [3.8, 4) is 17.0 Å². The predicted octanol–water partition coefficient (Wildman–Crippen LogP) is 7.55. The molecule has 0 radical (unpaired) electrons. The van der Waals surface area contributed by atoms with Gasteiger partial charge in [-0.15, -0.1) is 0 Å². The van der Waals surface area contributed by atoms with Gasteiger partial charge in [-0.25, -0.2) is 24.1 Å². The zero-order chi connectivity index (χ0) is 30.3. The van der Waals surface area contributed by atoms with E-state index >= 15 is 0 Å². The maximum Gasteiger partial charge on any atom is 0.417 e. The molecule has 9 nitrogen and oxygen atoms in total. The molecule has 2 aromatic heterocycles. The lowest BCUT2D eigenvalue weighted by atomic mass is 9.53. The lowest BCUT2D eigenvalue weighted by Crippen LogP contribution is -2.52. The molecule has 42 heavy (non-hydrogen) atoms. The zero-order valence-corrected chi connectivity index (χ0v) is 25.7. The molecule has 3 aliphatic carbocycles. The van der Waals surface area contributed by atoms with Gasteiger partial charge < -0.3 is 14.0 Å². The average molecular weight is 580 g/mol. The molecule has 0 aliphatic heterocycles. The van der Waals surface area contributed by atoms with Crippen LogP contribution in [0.15, 0.2) is 41.1 Å². The van der Waals surface area contributed by atoms with Crippen molar-refractivity contribution < 1.29 is 23.2 Å². The normalized spacial score (nSPS) is 22.3. The number of alkyl halides is 1.